The molecule has 19 heavy (non-hydrogen) atoms. The first-order valence-electron chi connectivity index (χ1n) is 6.08. The lowest BCUT2D eigenvalue weighted by Gasteiger charge is -2.20. The minimum absolute atomic E-state index is 0.0999. The molecule has 1 heterocycles. The SMILES string of the molecule is COCC(N)C(=O)N(C)Cc1csc2ccccc12. The lowest BCUT2D eigenvalue weighted by molar-refractivity contribution is -0.132. The van der Waals surface area contributed by atoms with Crippen molar-refractivity contribution in [2.45, 2.75) is 12.6 Å². The van der Waals surface area contributed by atoms with Crippen LogP contribution in [0, 0.1) is 0 Å². The molecule has 0 saturated carbocycles. The van der Waals surface area contributed by atoms with Crippen LogP contribution in [0.5, 0.6) is 0 Å². The van der Waals surface area contributed by atoms with Crippen LogP contribution in [-0.4, -0.2) is 37.6 Å². The third-order valence-corrected chi connectivity index (χ3v) is 4.02. The van der Waals surface area contributed by atoms with Crippen LogP contribution in [0.2, 0.25) is 0 Å². The van der Waals surface area contributed by atoms with Crippen molar-refractivity contribution in [3.63, 3.8) is 0 Å². The molecule has 0 bridgehead atoms. The summed E-state index contributed by atoms with van der Waals surface area (Å²) < 4.78 is 6.15. The van der Waals surface area contributed by atoms with E-state index in [1.54, 1.807) is 30.4 Å². The van der Waals surface area contributed by atoms with Crippen LogP contribution in [0.15, 0.2) is 29.6 Å². The fourth-order valence-corrected chi connectivity index (χ4v) is 2.98. The summed E-state index contributed by atoms with van der Waals surface area (Å²) in [4.78, 5) is 13.7. The van der Waals surface area contributed by atoms with Gasteiger partial charge in [-0.05, 0) is 22.4 Å². The summed E-state index contributed by atoms with van der Waals surface area (Å²) in [6, 6.07) is 7.60. The summed E-state index contributed by atoms with van der Waals surface area (Å²) in [6.45, 7) is 0.813. The van der Waals surface area contributed by atoms with E-state index >= 15 is 0 Å². The van der Waals surface area contributed by atoms with Gasteiger partial charge >= 0.3 is 0 Å². The van der Waals surface area contributed by atoms with E-state index in [0.717, 1.165) is 5.56 Å². The molecule has 0 aliphatic heterocycles. The molecule has 0 spiro atoms. The van der Waals surface area contributed by atoms with Crippen molar-refractivity contribution in [3.8, 4) is 0 Å². The third kappa shape index (κ3) is 3.12. The first-order valence-corrected chi connectivity index (χ1v) is 6.96. The second-order valence-electron chi connectivity index (χ2n) is 4.51. The first kappa shape index (κ1) is 14.0. The van der Waals surface area contributed by atoms with Crippen LogP contribution in [0.1, 0.15) is 5.56 Å². The Morgan fingerprint density at radius 3 is 2.95 bits per heavy atom. The summed E-state index contributed by atoms with van der Waals surface area (Å²) in [5.74, 6) is -0.0999. The van der Waals surface area contributed by atoms with Gasteiger partial charge in [0.25, 0.3) is 0 Å². The fourth-order valence-electron chi connectivity index (χ4n) is 2.02. The number of fused-ring (bicyclic) bond motifs is 1. The maximum absolute atomic E-state index is 12.0. The molecular weight excluding hydrogens is 260 g/mol. The Balaban J connectivity index is 2.10. The smallest absolute Gasteiger partial charge is 0.241 e. The van der Waals surface area contributed by atoms with Crippen LogP contribution < -0.4 is 5.73 Å². The molecule has 2 rings (SSSR count). The highest BCUT2D eigenvalue weighted by Crippen LogP contribution is 2.26. The maximum atomic E-state index is 12.0. The number of methoxy groups -OCH3 is 1. The molecule has 0 aliphatic rings. The fraction of sp³-hybridized carbons (Fsp3) is 0.357. The van der Waals surface area contributed by atoms with E-state index < -0.39 is 6.04 Å². The predicted octanol–water partition coefficient (Wildman–Crippen LogP) is 1.83. The first-order chi connectivity index (χ1) is 9.13. The van der Waals surface area contributed by atoms with Crippen LogP contribution in [0.3, 0.4) is 0 Å². The van der Waals surface area contributed by atoms with E-state index in [9.17, 15) is 4.79 Å². The molecule has 1 unspecified atom stereocenters. The number of thiophene rings is 1. The lowest BCUT2D eigenvalue weighted by Crippen LogP contribution is -2.44. The van der Waals surface area contributed by atoms with Gasteiger partial charge in [0.1, 0.15) is 6.04 Å². The van der Waals surface area contributed by atoms with Crippen molar-refractivity contribution in [2.75, 3.05) is 20.8 Å². The van der Waals surface area contributed by atoms with Gasteiger partial charge in [0.2, 0.25) is 5.91 Å². The van der Waals surface area contributed by atoms with Crippen LogP contribution in [0.4, 0.5) is 0 Å². The van der Waals surface area contributed by atoms with E-state index in [1.165, 1.54) is 10.1 Å². The largest absolute Gasteiger partial charge is 0.383 e. The molecule has 0 aliphatic carbocycles. The number of likely N-dealkylation sites (N-methyl/N-ethyl adjacent to an activating group) is 1. The van der Waals surface area contributed by atoms with E-state index in [0.29, 0.717) is 6.54 Å². The number of benzene rings is 1. The van der Waals surface area contributed by atoms with Gasteiger partial charge in [-0.1, -0.05) is 18.2 Å². The minimum atomic E-state index is -0.597. The molecule has 0 radical (unpaired) electrons. The normalized spacial score (nSPS) is 12.6. The molecule has 1 atom stereocenters. The van der Waals surface area contributed by atoms with Crippen molar-refractivity contribution in [1.82, 2.24) is 4.90 Å². The van der Waals surface area contributed by atoms with Gasteiger partial charge in [0.15, 0.2) is 0 Å². The number of carbonyl (C=O) groups is 1. The van der Waals surface area contributed by atoms with Gasteiger partial charge in [-0.25, -0.2) is 0 Å². The van der Waals surface area contributed by atoms with E-state index in [1.807, 2.05) is 12.1 Å². The summed E-state index contributed by atoms with van der Waals surface area (Å²) in [5.41, 5.74) is 6.91. The minimum Gasteiger partial charge on any atom is -0.383 e. The van der Waals surface area contributed by atoms with Gasteiger partial charge < -0.3 is 15.4 Å². The quantitative estimate of drug-likeness (QED) is 0.908. The van der Waals surface area contributed by atoms with Gasteiger partial charge in [-0.15, -0.1) is 11.3 Å². The number of nitrogens with two attached hydrogens (primary N) is 1. The van der Waals surface area contributed by atoms with Crippen molar-refractivity contribution in [1.29, 1.82) is 0 Å². The topological polar surface area (TPSA) is 55.6 Å². The van der Waals surface area contributed by atoms with E-state index in [2.05, 4.69) is 17.5 Å². The zero-order valence-corrected chi connectivity index (χ0v) is 11.9. The zero-order valence-electron chi connectivity index (χ0n) is 11.1. The Morgan fingerprint density at radius 1 is 1.47 bits per heavy atom. The van der Waals surface area contributed by atoms with Gasteiger partial charge in [0, 0.05) is 25.4 Å². The van der Waals surface area contributed by atoms with Crippen molar-refractivity contribution < 1.29 is 9.53 Å². The number of hydrogen-bond donors (Lipinski definition) is 1. The van der Waals surface area contributed by atoms with Gasteiger partial charge in [-0.3, -0.25) is 4.79 Å². The average Bonchev–Trinajstić information content (AvgIpc) is 2.81. The molecule has 1 aromatic heterocycles. The van der Waals surface area contributed by atoms with Crippen molar-refractivity contribution in [3.05, 3.63) is 35.2 Å². The molecule has 0 saturated heterocycles. The molecular formula is C14H18N2O2S. The van der Waals surface area contributed by atoms with Crippen LogP contribution in [-0.2, 0) is 16.1 Å². The van der Waals surface area contributed by atoms with Crippen molar-refractivity contribution >= 4 is 27.3 Å². The number of carbonyl (C=O) groups excluding carboxylic acids is 1. The third-order valence-electron chi connectivity index (χ3n) is 3.01. The zero-order chi connectivity index (χ0) is 13.8. The number of amides is 1. The maximum Gasteiger partial charge on any atom is 0.241 e. The summed E-state index contributed by atoms with van der Waals surface area (Å²) in [7, 11) is 3.31. The highest BCUT2D eigenvalue weighted by atomic mass is 32.1. The van der Waals surface area contributed by atoms with E-state index in [-0.39, 0.29) is 12.5 Å². The second kappa shape index (κ2) is 6.14. The molecule has 2 N–H and O–H groups in total. The molecule has 2 aromatic rings. The highest BCUT2D eigenvalue weighted by Gasteiger charge is 2.18. The molecule has 5 heteroatoms. The second-order valence-corrected chi connectivity index (χ2v) is 5.42. The lowest BCUT2D eigenvalue weighted by atomic mass is 10.1. The number of hydrogen-bond acceptors (Lipinski definition) is 4. The molecule has 1 amide bonds. The predicted molar refractivity (Wildman–Crippen MR) is 78.2 cm³/mol. The van der Waals surface area contributed by atoms with Crippen molar-refractivity contribution in [2.24, 2.45) is 5.73 Å². The standard InChI is InChI=1S/C14H18N2O2S/c1-16(14(17)12(15)8-18-2)7-10-9-19-13-6-4-3-5-11(10)13/h3-6,9,12H,7-8,15H2,1-2H3. The highest BCUT2D eigenvalue weighted by molar-refractivity contribution is 7.17. The van der Waals surface area contributed by atoms with Crippen LogP contribution >= 0.6 is 11.3 Å². The van der Waals surface area contributed by atoms with E-state index in [4.69, 9.17) is 10.5 Å². The Kier molecular flexibility index (Phi) is 4.52. The average molecular weight is 278 g/mol. The Bertz CT molecular complexity index is 567. The number of rotatable bonds is 5. The summed E-state index contributed by atoms with van der Waals surface area (Å²) in [5, 5.41) is 3.29. The molecule has 1 aromatic carbocycles. The summed E-state index contributed by atoms with van der Waals surface area (Å²) >= 11 is 1.69. The Morgan fingerprint density at radius 2 is 2.21 bits per heavy atom. The molecule has 0 fully saturated rings. The number of ether oxygens (including phenoxy) is 1. The number of nitrogens with zero attached hydrogens (tertiary/aromatic N) is 1. The summed E-state index contributed by atoms with van der Waals surface area (Å²) in [6.07, 6.45) is 0. The van der Waals surface area contributed by atoms with Gasteiger partial charge in [-0.2, -0.15) is 0 Å². The Hall–Kier alpha value is -1.43. The van der Waals surface area contributed by atoms with Gasteiger partial charge in [0.05, 0.1) is 6.61 Å². The monoisotopic (exact) mass is 278 g/mol. The molecule has 4 nitrogen and oxygen atoms in total. The van der Waals surface area contributed by atoms with Crippen LogP contribution in [0.25, 0.3) is 10.1 Å². The Labute approximate surface area is 116 Å². The molecule has 102 valence electrons.